The predicted octanol–water partition coefficient (Wildman–Crippen LogP) is 2.52. The number of hydrogen-bond donors (Lipinski definition) is 1. The van der Waals surface area contributed by atoms with Crippen LogP contribution in [0.3, 0.4) is 0 Å². The lowest BCUT2D eigenvalue weighted by molar-refractivity contribution is 0.305. The normalized spacial score (nSPS) is 9.44. The van der Waals surface area contributed by atoms with E-state index in [4.69, 9.17) is 9.84 Å². The quantitative estimate of drug-likeness (QED) is 0.787. The van der Waals surface area contributed by atoms with Crippen molar-refractivity contribution in [2.24, 2.45) is 0 Å². The van der Waals surface area contributed by atoms with Crippen molar-refractivity contribution in [2.45, 2.75) is 26.7 Å². The number of aliphatic hydroxyl groups excluding tert-OH is 1. The largest absolute Gasteiger partial charge is 0.492 e. The Morgan fingerprint density at radius 2 is 2.19 bits per heavy atom. The molecule has 1 aromatic rings. The summed E-state index contributed by atoms with van der Waals surface area (Å²) in [6.07, 6.45) is 1.48. The van der Waals surface area contributed by atoms with Gasteiger partial charge in [-0.05, 0) is 31.0 Å². The number of benzene rings is 1. The van der Waals surface area contributed by atoms with Crippen LogP contribution in [0.5, 0.6) is 5.75 Å². The average Bonchev–Trinajstić information content (AvgIpc) is 2.28. The van der Waals surface area contributed by atoms with Crippen molar-refractivity contribution in [3.8, 4) is 17.6 Å². The minimum absolute atomic E-state index is 0.101. The first kappa shape index (κ1) is 12.6. The molecule has 1 rings (SSSR count). The number of rotatable bonds is 4. The number of ether oxygens (including phenoxy) is 1. The highest BCUT2D eigenvalue weighted by Gasteiger charge is 2.00. The Labute approximate surface area is 97.3 Å². The first-order valence-corrected chi connectivity index (χ1v) is 5.61. The van der Waals surface area contributed by atoms with E-state index < -0.39 is 0 Å². The Morgan fingerprint density at radius 3 is 2.88 bits per heavy atom. The number of aryl methyl sites for hydroxylation is 1. The smallest absolute Gasteiger partial charge is 0.134 e. The summed E-state index contributed by atoms with van der Waals surface area (Å²) < 4.78 is 5.61. The van der Waals surface area contributed by atoms with Gasteiger partial charge >= 0.3 is 0 Å². The molecule has 0 atom stereocenters. The highest BCUT2D eigenvalue weighted by atomic mass is 16.5. The molecule has 1 aromatic carbocycles. The molecule has 0 aliphatic carbocycles. The van der Waals surface area contributed by atoms with Crippen LogP contribution in [0.15, 0.2) is 18.2 Å². The lowest BCUT2D eigenvalue weighted by Gasteiger charge is -2.07. The molecule has 0 radical (unpaired) electrons. The van der Waals surface area contributed by atoms with Crippen LogP contribution in [0.1, 0.15) is 30.9 Å². The topological polar surface area (TPSA) is 29.5 Å². The maximum Gasteiger partial charge on any atom is 0.134 e. The first-order valence-electron chi connectivity index (χ1n) is 5.61. The van der Waals surface area contributed by atoms with E-state index in [0.29, 0.717) is 13.0 Å². The second-order valence-corrected chi connectivity index (χ2v) is 3.62. The molecular formula is C14H18O2. The van der Waals surface area contributed by atoms with Crippen molar-refractivity contribution >= 4 is 0 Å². The average molecular weight is 218 g/mol. The van der Waals surface area contributed by atoms with Gasteiger partial charge in [-0.1, -0.05) is 24.8 Å². The van der Waals surface area contributed by atoms with Crippen LogP contribution in [-0.2, 0) is 0 Å². The van der Waals surface area contributed by atoms with Crippen molar-refractivity contribution in [3.05, 3.63) is 29.3 Å². The molecule has 16 heavy (non-hydrogen) atoms. The Hall–Kier alpha value is -1.46. The molecule has 0 spiro atoms. The SMILES string of the molecule is CCCOc1ccc(C)cc1C#CCCO. The van der Waals surface area contributed by atoms with Gasteiger partial charge in [0.05, 0.1) is 18.8 Å². The van der Waals surface area contributed by atoms with E-state index in [-0.39, 0.29) is 6.61 Å². The van der Waals surface area contributed by atoms with Crippen LogP contribution in [0.25, 0.3) is 0 Å². The van der Waals surface area contributed by atoms with Crippen molar-refractivity contribution in [3.63, 3.8) is 0 Å². The molecule has 86 valence electrons. The molecule has 1 N–H and O–H groups in total. The fraction of sp³-hybridized carbons (Fsp3) is 0.429. The molecular weight excluding hydrogens is 200 g/mol. The number of hydrogen-bond acceptors (Lipinski definition) is 2. The van der Waals surface area contributed by atoms with E-state index in [1.165, 1.54) is 0 Å². The van der Waals surface area contributed by atoms with E-state index >= 15 is 0 Å². The standard InChI is InChI=1S/C14H18O2/c1-3-10-16-14-8-7-12(2)11-13(14)6-4-5-9-15/h7-8,11,15H,3,5,9-10H2,1-2H3. The third kappa shape index (κ3) is 3.96. The molecule has 0 aliphatic heterocycles. The Kier molecular flexibility index (Phi) is 5.45. The van der Waals surface area contributed by atoms with Crippen molar-refractivity contribution in [2.75, 3.05) is 13.2 Å². The summed E-state index contributed by atoms with van der Waals surface area (Å²) in [6, 6.07) is 5.98. The van der Waals surface area contributed by atoms with Gasteiger partial charge in [-0.2, -0.15) is 0 Å². The maximum atomic E-state index is 8.68. The molecule has 0 aromatic heterocycles. The third-order valence-corrected chi connectivity index (χ3v) is 2.06. The zero-order chi connectivity index (χ0) is 11.8. The third-order valence-electron chi connectivity index (χ3n) is 2.06. The second-order valence-electron chi connectivity index (χ2n) is 3.62. The van der Waals surface area contributed by atoms with Crippen LogP contribution in [0.4, 0.5) is 0 Å². The molecule has 0 aliphatic rings. The fourth-order valence-electron chi connectivity index (χ4n) is 1.29. The number of aliphatic hydroxyl groups is 1. The molecule has 0 bridgehead atoms. The monoisotopic (exact) mass is 218 g/mol. The van der Waals surface area contributed by atoms with Gasteiger partial charge in [0.15, 0.2) is 0 Å². The van der Waals surface area contributed by atoms with E-state index in [2.05, 4.69) is 18.8 Å². The first-order chi connectivity index (χ1) is 7.77. The van der Waals surface area contributed by atoms with Crippen LogP contribution in [-0.4, -0.2) is 18.3 Å². The summed E-state index contributed by atoms with van der Waals surface area (Å²) in [7, 11) is 0. The van der Waals surface area contributed by atoms with Crippen LogP contribution < -0.4 is 4.74 Å². The molecule has 0 fully saturated rings. The van der Waals surface area contributed by atoms with Gasteiger partial charge in [-0.3, -0.25) is 0 Å². The van der Waals surface area contributed by atoms with Gasteiger partial charge in [0.2, 0.25) is 0 Å². The summed E-state index contributed by atoms with van der Waals surface area (Å²) in [5.74, 6) is 6.78. The van der Waals surface area contributed by atoms with E-state index in [1.807, 2.05) is 25.1 Å². The lowest BCUT2D eigenvalue weighted by Crippen LogP contribution is -1.97. The summed E-state index contributed by atoms with van der Waals surface area (Å²) in [5.41, 5.74) is 2.07. The minimum Gasteiger partial charge on any atom is -0.492 e. The zero-order valence-electron chi connectivity index (χ0n) is 9.92. The van der Waals surface area contributed by atoms with Gasteiger partial charge in [-0.15, -0.1) is 0 Å². The van der Waals surface area contributed by atoms with Crippen LogP contribution in [0.2, 0.25) is 0 Å². The maximum absolute atomic E-state index is 8.68. The molecule has 2 heteroatoms. The fourth-order valence-corrected chi connectivity index (χ4v) is 1.29. The van der Waals surface area contributed by atoms with Gasteiger partial charge in [0, 0.05) is 6.42 Å². The molecule has 2 nitrogen and oxygen atoms in total. The van der Waals surface area contributed by atoms with Gasteiger partial charge in [-0.25, -0.2) is 0 Å². The van der Waals surface area contributed by atoms with Crippen molar-refractivity contribution in [1.29, 1.82) is 0 Å². The minimum atomic E-state index is 0.101. The summed E-state index contributed by atoms with van der Waals surface area (Å²) in [4.78, 5) is 0. The van der Waals surface area contributed by atoms with Crippen molar-refractivity contribution in [1.82, 2.24) is 0 Å². The molecule has 0 amide bonds. The zero-order valence-corrected chi connectivity index (χ0v) is 9.92. The second kappa shape index (κ2) is 6.92. The molecule has 0 saturated heterocycles. The van der Waals surface area contributed by atoms with Gasteiger partial charge in [0.1, 0.15) is 5.75 Å². The summed E-state index contributed by atoms with van der Waals surface area (Å²) in [5, 5.41) is 8.68. The van der Waals surface area contributed by atoms with E-state index in [9.17, 15) is 0 Å². The van der Waals surface area contributed by atoms with Gasteiger partial charge in [0.25, 0.3) is 0 Å². The molecule has 0 heterocycles. The predicted molar refractivity (Wildman–Crippen MR) is 65.5 cm³/mol. The van der Waals surface area contributed by atoms with E-state index in [0.717, 1.165) is 23.3 Å². The van der Waals surface area contributed by atoms with Crippen LogP contribution >= 0.6 is 0 Å². The van der Waals surface area contributed by atoms with Crippen molar-refractivity contribution < 1.29 is 9.84 Å². The highest BCUT2D eigenvalue weighted by Crippen LogP contribution is 2.19. The van der Waals surface area contributed by atoms with Gasteiger partial charge < -0.3 is 9.84 Å². The highest BCUT2D eigenvalue weighted by molar-refractivity contribution is 5.48. The molecule has 0 unspecified atom stereocenters. The Morgan fingerprint density at radius 1 is 1.38 bits per heavy atom. The molecule has 0 saturated carbocycles. The van der Waals surface area contributed by atoms with Crippen LogP contribution in [0, 0.1) is 18.8 Å². The van der Waals surface area contributed by atoms with E-state index in [1.54, 1.807) is 0 Å². The Bertz CT molecular complexity index is 385. The Balaban J connectivity index is 2.86. The summed E-state index contributed by atoms with van der Waals surface area (Å²) in [6.45, 7) is 4.91. The summed E-state index contributed by atoms with van der Waals surface area (Å²) >= 11 is 0. The lowest BCUT2D eigenvalue weighted by atomic mass is 10.1.